The van der Waals surface area contributed by atoms with Crippen LogP contribution >= 0.6 is 0 Å². The monoisotopic (exact) mass is 458 g/mol. The summed E-state index contributed by atoms with van der Waals surface area (Å²) in [5.74, 6) is -0.185. The van der Waals surface area contributed by atoms with E-state index in [-0.39, 0.29) is 18.9 Å². The molecule has 2 aromatic carbocycles. The van der Waals surface area contributed by atoms with Crippen LogP contribution in [-0.2, 0) is 14.3 Å². The van der Waals surface area contributed by atoms with Gasteiger partial charge in [0.15, 0.2) is 0 Å². The van der Waals surface area contributed by atoms with Gasteiger partial charge in [-0.05, 0) is 35.4 Å². The number of nitrogens with two attached hydrogens (primary N) is 1. The van der Waals surface area contributed by atoms with Gasteiger partial charge < -0.3 is 35.1 Å². The minimum atomic E-state index is -1.18. The van der Waals surface area contributed by atoms with Crippen molar-refractivity contribution in [3.8, 4) is 17.2 Å². The lowest BCUT2D eigenvalue weighted by atomic mass is 10.1. The van der Waals surface area contributed by atoms with Crippen molar-refractivity contribution >= 4 is 30.2 Å². The van der Waals surface area contributed by atoms with Gasteiger partial charge in [0.25, 0.3) is 0 Å². The van der Waals surface area contributed by atoms with E-state index < -0.39 is 30.5 Å². The van der Waals surface area contributed by atoms with Crippen LogP contribution in [0.4, 0.5) is 4.79 Å². The first kappa shape index (κ1) is 25.2. The molecule has 0 aliphatic heterocycles. The maximum Gasteiger partial charge on any atom is 0.513 e. The summed E-state index contributed by atoms with van der Waals surface area (Å²) in [6, 6.07) is 11.1. The standard InChI is InChI=1S/C23H26N2O8/c1-30-18-11-16(12-19(13-18)31-2)4-3-15-5-7-17(8-6-15)33-23(29)32-10-9-25-22(28)20(24)14-21(26)27/h3-8,11-13,20H,9-10,14,24H2,1-2H3,(H,25,28)(H,26,27)/b4-3+. The van der Waals surface area contributed by atoms with Crippen molar-refractivity contribution < 1.29 is 38.4 Å². The summed E-state index contributed by atoms with van der Waals surface area (Å²) in [5.41, 5.74) is 7.18. The Labute approximate surface area is 190 Å². The number of carboxylic acids is 1. The molecule has 1 atom stereocenters. The molecule has 0 aliphatic carbocycles. The molecule has 0 radical (unpaired) electrons. The number of hydrogen-bond donors (Lipinski definition) is 3. The van der Waals surface area contributed by atoms with Gasteiger partial charge in [0.1, 0.15) is 23.9 Å². The number of ether oxygens (including phenoxy) is 4. The van der Waals surface area contributed by atoms with E-state index in [2.05, 4.69) is 5.32 Å². The summed E-state index contributed by atoms with van der Waals surface area (Å²) in [4.78, 5) is 33.8. The molecule has 0 bridgehead atoms. The Morgan fingerprint density at radius 1 is 0.970 bits per heavy atom. The van der Waals surface area contributed by atoms with Gasteiger partial charge in [0.05, 0.1) is 33.2 Å². The molecular weight excluding hydrogens is 432 g/mol. The van der Waals surface area contributed by atoms with Crippen molar-refractivity contribution in [1.82, 2.24) is 5.32 Å². The third-order valence-corrected chi connectivity index (χ3v) is 4.28. The van der Waals surface area contributed by atoms with Crippen molar-refractivity contribution in [3.05, 3.63) is 53.6 Å². The second kappa shape index (κ2) is 12.7. The summed E-state index contributed by atoms with van der Waals surface area (Å²) in [6.07, 6.45) is 2.35. The molecule has 0 aromatic heterocycles. The van der Waals surface area contributed by atoms with Gasteiger partial charge in [-0.1, -0.05) is 24.3 Å². The Kier molecular flexibility index (Phi) is 9.72. The molecule has 2 rings (SSSR count). The molecule has 10 nitrogen and oxygen atoms in total. The van der Waals surface area contributed by atoms with Crippen molar-refractivity contribution in [2.45, 2.75) is 12.5 Å². The summed E-state index contributed by atoms with van der Waals surface area (Å²) < 4.78 is 20.4. The molecule has 2 aromatic rings. The van der Waals surface area contributed by atoms with Gasteiger partial charge in [-0.15, -0.1) is 0 Å². The fraction of sp³-hybridized carbons (Fsp3) is 0.261. The van der Waals surface area contributed by atoms with E-state index >= 15 is 0 Å². The van der Waals surface area contributed by atoms with Gasteiger partial charge in [0.2, 0.25) is 5.91 Å². The smallest absolute Gasteiger partial charge is 0.497 e. The summed E-state index contributed by atoms with van der Waals surface area (Å²) >= 11 is 0. The number of methoxy groups -OCH3 is 2. The summed E-state index contributed by atoms with van der Waals surface area (Å²) in [7, 11) is 3.17. The Morgan fingerprint density at radius 3 is 2.15 bits per heavy atom. The van der Waals surface area contributed by atoms with E-state index in [1.165, 1.54) is 0 Å². The molecule has 0 saturated carbocycles. The third-order valence-electron chi connectivity index (χ3n) is 4.28. The van der Waals surface area contributed by atoms with Crippen LogP contribution in [0.15, 0.2) is 42.5 Å². The van der Waals surface area contributed by atoms with Crippen LogP contribution in [0.3, 0.4) is 0 Å². The van der Waals surface area contributed by atoms with Crippen LogP contribution in [0.1, 0.15) is 17.5 Å². The van der Waals surface area contributed by atoms with Crippen LogP contribution in [0, 0.1) is 0 Å². The zero-order valence-corrected chi connectivity index (χ0v) is 18.3. The van der Waals surface area contributed by atoms with Crippen LogP contribution in [-0.4, -0.2) is 56.6 Å². The highest BCUT2D eigenvalue weighted by molar-refractivity contribution is 5.85. The molecular formula is C23H26N2O8. The highest BCUT2D eigenvalue weighted by Gasteiger charge is 2.16. The van der Waals surface area contributed by atoms with Gasteiger partial charge in [-0.25, -0.2) is 4.79 Å². The molecule has 0 fully saturated rings. The highest BCUT2D eigenvalue weighted by atomic mass is 16.7. The molecule has 176 valence electrons. The summed E-state index contributed by atoms with van der Waals surface area (Å²) in [5, 5.41) is 11.0. The average Bonchev–Trinajstić information content (AvgIpc) is 2.80. The first-order valence-electron chi connectivity index (χ1n) is 9.91. The maximum absolute atomic E-state index is 11.8. The van der Waals surface area contributed by atoms with Crippen molar-refractivity contribution in [2.75, 3.05) is 27.4 Å². The van der Waals surface area contributed by atoms with Gasteiger partial charge in [-0.2, -0.15) is 0 Å². The average molecular weight is 458 g/mol. The Hall–Kier alpha value is -4.05. The number of carbonyl (C=O) groups is 3. The minimum absolute atomic E-state index is 0.0277. The molecule has 0 aliphatic rings. The second-order valence-electron chi connectivity index (χ2n) is 6.74. The molecule has 0 heterocycles. The van der Waals surface area contributed by atoms with Crippen LogP contribution in [0.25, 0.3) is 12.2 Å². The Balaban J connectivity index is 1.80. The molecule has 0 saturated heterocycles. The van der Waals surface area contributed by atoms with Crippen LogP contribution in [0.2, 0.25) is 0 Å². The second-order valence-corrected chi connectivity index (χ2v) is 6.74. The van der Waals surface area contributed by atoms with Gasteiger partial charge in [-0.3, -0.25) is 9.59 Å². The van der Waals surface area contributed by atoms with E-state index in [0.717, 1.165) is 11.1 Å². The predicted octanol–water partition coefficient (Wildman–Crippen LogP) is 2.31. The quantitative estimate of drug-likeness (QED) is 0.200. The number of carboxylic acid groups (broad SMARTS) is 1. The number of rotatable bonds is 11. The molecule has 4 N–H and O–H groups in total. The highest BCUT2D eigenvalue weighted by Crippen LogP contribution is 2.24. The van der Waals surface area contributed by atoms with E-state index in [1.54, 1.807) is 44.6 Å². The van der Waals surface area contributed by atoms with E-state index in [4.69, 9.17) is 29.8 Å². The van der Waals surface area contributed by atoms with Crippen LogP contribution in [0.5, 0.6) is 17.2 Å². The predicted molar refractivity (Wildman–Crippen MR) is 120 cm³/mol. The first-order valence-corrected chi connectivity index (χ1v) is 9.91. The number of hydrogen-bond acceptors (Lipinski definition) is 8. The number of nitrogens with one attached hydrogen (secondary N) is 1. The first-order chi connectivity index (χ1) is 15.8. The van der Waals surface area contributed by atoms with Gasteiger partial charge >= 0.3 is 12.1 Å². The number of carbonyl (C=O) groups excluding carboxylic acids is 2. The lowest BCUT2D eigenvalue weighted by Gasteiger charge is -2.10. The van der Waals surface area contributed by atoms with Crippen molar-refractivity contribution in [2.24, 2.45) is 5.73 Å². The van der Waals surface area contributed by atoms with Crippen LogP contribution < -0.4 is 25.3 Å². The fourth-order valence-electron chi connectivity index (χ4n) is 2.61. The largest absolute Gasteiger partial charge is 0.513 e. The Bertz CT molecular complexity index is 966. The number of amides is 1. The van der Waals surface area contributed by atoms with E-state index in [1.807, 2.05) is 24.3 Å². The molecule has 1 unspecified atom stereocenters. The topological polar surface area (TPSA) is 146 Å². The van der Waals surface area contributed by atoms with Crippen molar-refractivity contribution in [1.29, 1.82) is 0 Å². The lowest BCUT2D eigenvalue weighted by Crippen LogP contribution is -2.43. The SMILES string of the molecule is COc1cc(/C=C/c2ccc(OC(=O)OCCNC(=O)C(N)CC(=O)O)cc2)cc(OC)c1. The van der Waals surface area contributed by atoms with Crippen molar-refractivity contribution in [3.63, 3.8) is 0 Å². The zero-order chi connectivity index (χ0) is 24.2. The normalized spacial score (nSPS) is 11.5. The Morgan fingerprint density at radius 2 is 1.58 bits per heavy atom. The zero-order valence-electron chi connectivity index (χ0n) is 18.3. The fourth-order valence-corrected chi connectivity index (χ4v) is 2.61. The molecule has 33 heavy (non-hydrogen) atoms. The number of benzene rings is 2. The maximum atomic E-state index is 11.8. The minimum Gasteiger partial charge on any atom is -0.497 e. The lowest BCUT2D eigenvalue weighted by molar-refractivity contribution is -0.139. The summed E-state index contributed by atoms with van der Waals surface area (Å²) in [6.45, 7) is -0.185. The molecule has 0 spiro atoms. The van der Waals surface area contributed by atoms with E-state index in [0.29, 0.717) is 11.5 Å². The third kappa shape index (κ3) is 8.91. The van der Waals surface area contributed by atoms with Gasteiger partial charge in [0, 0.05) is 6.07 Å². The number of aliphatic carboxylic acids is 1. The molecule has 1 amide bonds. The van der Waals surface area contributed by atoms with E-state index in [9.17, 15) is 14.4 Å². The molecule has 10 heteroatoms.